The lowest BCUT2D eigenvalue weighted by Crippen LogP contribution is -2.23. The summed E-state index contributed by atoms with van der Waals surface area (Å²) in [4.78, 5) is 0. The normalized spacial score (nSPS) is 20.6. The molecule has 2 nitrogen and oxygen atoms in total. The zero-order valence-corrected chi connectivity index (χ0v) is 5.81. The summed E-state index contributed by atoms with van der Waals surface area (Å²) in [5, 5.41) is 2.22. The Hall–Kier alpha value is -0.530. The molecule has 2 heteroatoms. The first-order valence-electron chi connectivity index (χ1n) is 2.99. The minimum Gasteiger partial charge on any atom is -0.189 e. The SMILES string of the molecule is CC1=[N+](C)N(C)CC1. The molecule has 0 atom stereocenters. The summed E-state index contributed by atoms with van der Waals surface area (Å²) in [5.41, 5.74) is 1.47. The van der Waals surface area contributed by atoms with E-state index in [9.17, 15) is 0 Å². The number of hydrogen-bond acceptors (Lipinski definition) is 1. The summed E-state index contributed by atoms with van der Waals surface area (Å²) < 4.78 is 2.19. The maximum atomic E-state index is 2.22. The first-order chi connectivity index (χ1) is 3.72. The quantitative estimate of drug-likeness (QED) is 0.411. The van der Waals surface area contributed by atoms with Gasteiger partial charge in [0.2, 0.25) is 0 Å². The van der Waals surface area contributed by atoms with E-state index in [1.165, 1.54) is 18.7 Å². The molecule has 0 saturated heterocycles. The highest BCUT2D eigenvalue weighted by molar-refractivity contribution is 5.77. The van der Waals surface area contributed by atoms with Gasteiger partial charge in [0.15, 0.2) is 12.8 Å². The second kappa shape index (κ2) is 1.77. The van der Waals surface area contributed by atoms with E-state index in [2.05, 4.69) is 30.7 Å². The van der Waals surface area contributed by atoms with Crippen LogP contribution in [0.1, 0.15) is 13.3 Å². The zero-order chi connectivity index (χ0) is 6.15. The molecule has 0 spiro atoms. The van der Waals surface area contributed by atoms with Gasteiger partial charge in [-0.3, -0.25) is 0 Å². The van der Waals surface area contributed by atoms with Crippen LogP contribution in [0.4, 0.5) is 0 Å². The van der Waals surface area contributed by atoms with E-state index in [1.54, 1.807) is 0 Å². The lowest BCUT2D eigenvalue weighted by Gasteiger charge is -2.02. The van der Waals surface area contributed by atoms with E-state index in [1.807, 2.05) is 0 Å². The number of hydrogen-bond donors (Lipinski definition) is 0. The third kappa shape index (κ3) is 0.703. The van der Waals surface area contributed by atoms with Gasteiger partial charge in [-0.25, -0.2) is 0 Å². The smallest absolute Gasteiger partial charge is 0.181 e. The van der Waals surface area contributed by atoms with Gasteiger partial charge in [0.1, 0.15) is 0 Å². The molecule has 0 aromatic rings. The van der Waals surface area contributed by atoms with Crippen LogP contribution < -0.4 is 0 Å². The zero-order valence-electron chi connectivity index (χ0n) is 5.81. The van der Waals surface area contributed by atoms with Gasteiger partial charge in [-0.05, 0) is 0 Å². The molecule has 0 radical (unpaired) electrons. The van der Waals surface area contributed by atoms with Crippen LogP contribution in [0.15, 0.2) is 0 Å². The predicted molar refractivity (Wildman–Crippen MR) is 34.1 cm³/mol. The van der Waals surface area contributed by atoms with Crippen molar-refractivity contribution in [2.24, 2.45) is 0 Å². The van der Waals surface area contributed by atoms with Gasteiger partial charge in [-0.1, -0.05) is 0 Å². The van der Waals surface area contributed by atoms with Crippen LogP contribution in [-0.4, -0.2) is 36.0 Å². The highest BCUT2D eigenvalue weighted by Gasteiger charge is 2.18. The van der Waals surface area contributed by atoms with E-state index in [0.717, 1.165) is 0 Å². The molecule has 0 aliphatic carbocycles. The van der Waals surface area contributed by atoms with E-state index in [0.29, 0.717) is 0 Å². The second-order valence-electron chi connectivity index (χ2n) is 2.39. The van der Waals surface area contributed by atoms with Crippen molar-refractivity contribution >= 4 is 5.71 Å². The number of hydrazone groups is 1. The van der Waals surface area contributed by atoms with Crippen molar-refractivity contribution in [3.8, 4) is 0 Å². The number of rotatable bonds is 0. The van der Waals surface area contributed by atoms with Gasteiger partial charge in [-0.15, -0.1) is 4.68 Å². The van der Waals surface area contributed by atoms with Crippen molar-refractivity contribution in [1.29, 1.82) is 0 Å². The Bertz CT molecular complexity index is 126. The number of hydrazine groups is 1. The third-order valence-corrected chi connectivity index (χ3v) is 1.86. The number of nitrogens with zero attached hydrogens (tertiary/aromatic N) is 2. The first-order valence-corrected chi connectivity index (χ1v) is 2.99. The summed E-state index contributed by atoms with van der Waals surface area (Å²) >= 11 is 0. The largest absolute Gasteiger partial charge is 0.189 e. The maximum absolute atomic E-state index is 2.22. The van der Waals surface area contributed by atoms with Crippen LogP contribution in [-0.2, 0) is 0 Å². The average Bonchev–Trinajstić information content (AvgIpc) is 1.98. The first kappa shape index (κ1) is 5.60. The Kier molecular flexibility index (Phi) is 1.24. The Labute approximate surface area is 50.4 Å². The molecule has 0 aromatic carbocycles. The molecule has 1 aliphatic rings. The van der Waals surface area contributed by atoms with Crippen LogP contribution in [0, 0.1) is 0 Å². The molecule has 1 rings (SSSR count). The highest BCUT2D eigenvalue weighted by Crippen LogP contribution is 1.99. The Morgan fingerprint density at radius 3 is 2.38 bits per heavy atom. The van der Waals surface area contributed by atoms with Crippen molar-refractivity contribution < 1.29 is 4.68 Å². The predicted octanol–water partition coefficient (Wildman–Crippen LogP) is 0.340. The van der Waals surface area contributed by atoms with Gasteiger partial charge in [0, 0.05) is 6.92 Å². The molecule has 0 fully saturated rings. The van der Waals surface area contributed by atoms with Crippen molar-refractivity contribution in [2.45, 2.75) is 13.3 Å². The van der Waals surface area contributed by atoms with Crippen LogP contribution in [0.2, 0.25) is 0 Å². The van der Waals surface area contributed by atoms with Crippen molar-refractivity contribution in [3.63, 3.8) is 0 Å². The minimum absolute atomic E-state index is 1.18. The van der Waals surface area contributed by atoms with Crippen LogP contribution in [0.3, 0.4) is 0 Å². The molecule has 46 valence electrons. The fourth-order valence-electron chi connectivity index (χ4n) is 0.927. The molecule has 8 heavy (non-hydrogen) atoms. The molecular formula is C6H13N2+. The van der Waals surface area contributed by atoms with Gasteiger partial charge in [0.25, 0.3) is 0 Å². The van der Waals surface area contributed by atoms with Gasteiger partial charge < -0.3 is 0 Å². The highest BCUT2D eigenvalue weighted by atomic mass is 15.6. The van der Waals surface area contributed by atoms with Crippen LogP contribution >= 0.6 is 0 Å². The Balaban J connectivity index is 2.71. The summed E-state index contributed by atoms with van der Waals surface area (Å²) in [7, 11) is 4.21. The fraction of sp³-hybridized carbons (Fsp3) is 0.833. The lowest BCUT2D eigenvalue weighted by molar-refractivity contribution is -0.652. The standard InChI is InChI=1S/C6H13N2/c1-6-4-5-7(2)8(6)3/h4-5H2,1-3H3/q+1. The van der Waals surface area contributed by atoms with Crippen molar-refractivity contribution in [1.82, 2.24) is 5.01 Å². The van der Waals surface area contributed by atoms with Crippen molar-refractivity contribution in [2.75, 3.05) is 20.6 Å². The van der Waals surface area contributed by atoms with Gasteiger partial charge >= 0.3 is 0 Å². The molecule has 1 aliphatic heterocycles. The molecule has 0 bridgehead atoms. The summed E-state index contributed by atoms with van der Waals surface area (Å²) in [6, 6.07) is 0. The van der Waals surface area contributed by atoms with Gasteiger partial charge in [-0.2, -0.15) is 5.01 Å². The van der Waals surface area contributed by atoms with E-state index >= 15 is 0 Å². The molecule has 0 amide bonds. The molecule has 1 heterocycles. The summed E-state index contributed by atoms with van der Waals surface area (Å²) in [6.07, 6.45) is 1.23. The Morgan fingerprint density at radius 1 is 1.62 bits per heavy atom. The van der Waals surface area contributed by atoms with Crippen LogP contribution in [0.5, 0.6) is 0 Å². The topological polar surface area (TPSA) is 6.25 Å². The van der Waals surface area contributed by atoms with Crippen molar-refractivity contribution in [3.05, 3.63) is 0 Å². The average molecular weight is 113 g/mol. The molecular weight excluding hydrogens is 100 g/mol. The second-order valence-corrected chi connectivity index (χ2v) is 2.39. The Morgan fingerprint density at radius 2 is 2.25 bits per heavy atom. The fourth-order valence-corrected chi connectivity index (χ4v) is 0.927. The van der Waals surface area contributed by atoms with Gasteiger partial charge in [0.05, 0.1) is 20.0 Å². The lowest BCUT2D eigenvalue weighted by atomic mass is 10.3. The maximum Gasteiger partial charge on any atom is 0.181 e. The molecule has 0 N–H and O–H groups in total. The van der Waals surface area contributed by atoms with Crippen LogP contribution in [0.25, 0.3) is 0 Å². The molecule has 0 aromatic heterocycles. The molecule has 0 unspecified atom stereocenters. The minimum atomic E-state index is 1.18. The monoisotopic (exact) mass is 113 g/mol. The third-order valence-electron chi connectivity index (χ3n) is 1.86. The van der Waals surface area contributed by atoms with E-state index in [-0.39, 0.29) is 0 Å². The van der Waals surface area contributed by atoms with E-state index in [4.69, 9.17) is 0 Å². The molecule has 0 saturated carbocycles. The summed E-state index contributed by atoms with van der Waals surface area (Å²) in [5.74, 6) is 0. The van der Waals surface area contributed by atoms with E-state index < -0.39 is 0 Å². The summed E-state index contributed by atoms with van der Waals surface area (Å²) in [6.45, 7) is 3.35.